The lowest BCUT2D eigenvalue weighted by molar-refractivity contribution is -0.143. The van der Waals surface area contributed by atoms with Crippen molar-refractivity contribution in [3.8, 4) is 0 Å². The van der Waals surface area contributed by atoms with Crippen LogP contribution in [0.2, 0.25) is 0 Å². The molecule has 0 amide bonds. The van der Waals surface area contributed by atoms with Crippen LogP contribution >= 0.6 is 0 Å². The lowest BCUT2D eigenvalue weighted by atomic mass is 10.1. The summed E-state index contributed by atoms with van der Waals surface area (Å²) >= 11 is 0. The molecule has 5 heteroatoms. The van der Waals surface area contributed by atoms with Gasteiger partial charge in [-0.05, 0) is 12.8 Å². The van der Waals surface area contributed by atoms with Crippen LogP contribution in [0.1, 0.15) is 49.9 Å². The summed E-state index contributed by atoms with van der Waals surface area (Å²) in [5.41, 5.74) is 0.562. The largest absolute Gasteiger partial charge is 0.466 e. The molecule has 0 saturated heterocycles. The van der Waals surface area contributed by atoms with Crippen molar-refractivity contribution in [2.45, 2.75) is 46.1 Å². The highest BCUT2D eigenvalue weighted by Gasteiger charge is 2.11. The minimum absolute atomic E-state index is 0.0641. The molecule has 1 aromatic rings. The van der Waals surface area contributed by atoms with Crippen LogP contribution in [0, 0.1) is 0 Å². The molecule has 0 N–H and O–H groups in total. The molecule has 1 heterocycles. The number of aromatic nitrogens is 2. The Bertz CT molecular complexity index is 399. The van der Waals surface area contributed by atoms with Gasteiger partial charge in [0, 0.05) is 19.2 Å². The number of carbonyl (C=O) groups excluding carboxylic acids is 2. The first-order valence-electron chi connectivity index (χ1n) is 6.38. The molecular weight excluding hydrogens is 232 g/mol. The van der Waals surface area contributed by atoms with E-state index in [4.69, 9.17) is 4.74 Å². The Hall–Kier alpha value is -1.65. The van der Waals surface area contributed by atoms with Gasteiger partial charge in [-0.3, -0.25) is 14.3 Å². The number of Topliss-reactive ketones (excluding diaryl/α,β-unsaturated/α-hetero) is 1. The first kappa shape index (κ1) is 14.4. The molecule has 0 unspecified atom stereocenters. The van der Waals surface area contributed by atoms with Crippen LogP contribution in [0.5, 0.6) is 0 Å². The fourth-order valence-electron chi connectivity index (χ4n) is 1.51. The Labute approximate surface area is 107 Å². The van der Waals surface area contributed by atoms with Gasteiger partial charge in [0.2, 0.25) is 0 Å². The quantitative estimate of drug-likeness (QED) is 0.525. The van der Waals surface area contributed by atoms with Crippen molar-refractivity contribution in [3.63, 3.8) is 0 Å². The lowest BCUT2D eigenvalue weighted by Gasteiger charge is -2.01. The Balaban J connectivity index is 2.37. The van der Waals surface area contributed by atoms with E-state index in [1.807, 2.05) is 13.8 Å². The van der Waals surface area contributed by atoms with Gasteiger partial charge >= 0.3 is 5.97 Å². The number of esters is 1. The lowest BCUT2D eigenvalue weighted by Crippen LogP contribution is -2.08. The zero-order valence-corrected chi connectivity index (χ0v) is 11.0. The van der Waals surface area contributed by atoms with Crippen molar-refractivity contribution in [1.29, 1.82) is 0 Å². The zero-order valence-electron chi connectivity index (χ0n) is 11.0. The van der Waals surface area contributed by atoms with Gasteiger partial charge in [-0.2, -0.15) is 5.10 Å². The normalized spacial score (nSPS) is 10.3. The van der Waals surface area contributed by atoms with Gasteiger partial charge in [0.05, 0.1) is 24.8 Å². The van der Waals surface area contributed by atoms with Gasteiger partial charge in [0.25, 0.3) is 0 Å². The molecule has 100 valence electrons. The number of rotatable bonds is 8. The predicted molar refractivity (Wildman–Crippen MR) is 67.3 cm³/mol. The molecule has 0 spiro atoms. The summed E-state index contributed by atoms with van der Waals surface area (Å²) in [4.78, 5) is 23.0. The molecule has 0 aromatic carbocycles. The number of carbonyl (C=O) groups is 2. The summed E-state index contributed by atoms with van der Waals surface area (Å²) in [5.74, 6) is -0.378. The highest BCUT2D eigenvalue weighted by Crippen LogP contribution is 2.06. The average Bonchev–Trinajstić information content (AvgIpc) is 2.82. The van der Waals surface area contributed by atoms with Crippen molar-refractivity contribution in [2.24, 2.45) is 0 Å². The van der Waals surface area contributed by atoms with Gasteiger partial charge in [0.1, 0.15) is 0 Å². The molecule has 0 aliphatic rings. The van der Waals surface area contributed by atoms with Crippen LogP contribution in [0.15, 0.2) is 12.4 Å². The highest BCUT2D eigenvalue weighted by molar-refractivity contribution is 5.97. The molecule has 1 rings (SSSR count). The van der Waals surface area contributed by atoms with E-state index in [2.05, 4.69) is 5.10 Å². The SMILES string of the molecule is CCCOC(=O)CCC(=O)c1cnn(CCC)c1. The summed E-state index contributed by atoms with van der Waals surface area (Å²) in [6.45, 7) is 5.20. The maximum absolute atomic E-state index is 11.8. The molecule has 0 bridgehead atoms. The topological polar surface area (TPSA) is 61.2 Å². The third-order valence-corrected chi connectivity index (χ3v) is 2.43. The van der Waals surface area contributed by atoms with E-state index in [0.717, 1.165) is 19.4 Å². The van der Waals surface area contributed by atoms with Crippen LogP contribution in [-0.2, 0) is 16.1 Å². The summed E-state index contributed by atoms with van der Waals surface area (Å²) in [6.07, 6.45) is 5.36. The standard InChI is InChI=1S/C13H20N2O3/c1-3-7-15-10-11(9-14-15)12(16)5-6-13(17)18-8-4-2/h9-10H,3-8H2,1-2H3. The maximum Gasteiger partial charge on any atom is 0.306 e. The Morgan fingerprint density at radius 1 is 1.28 bits per heavy atom. The number of ether oxygens (including phenoxy) is 1. The first-order chi connectivity index (χ1) is 8.67. The molecule has 0 radical (unpaired) electrons. The van der Waals surface area contributed by atoms with E-state index in [0.29, 0.717) is 12.2 Å². The zero-order chi connectivity index (χ0) is 13.4. The summed E-state index contributed by atoms with van der Waals surface area (Å²) in [5, 5.41) is 4.08. The van der Waals surface area contributed by atoms with E-state index >= 15 is 0 Å². The Kier molecular flexibility index (Phi) is 6.11. The minimum Gasteiger partial charge on any atom is -0.466 e. The van der Waals surface area contributed by atoms with Gasteiger partial charge in [-0.15, -0.1) is 0 Å². The first-order valence-corrected chi connectivity index (χ1v) is 6.38. The number of aryl methyl sites for hydroxylation is 1. The molecule has 1 aromatic heterocycles. The van der Waals surface area contributed by atoms with Crippen LogP contribution in [0.3, 0.4) is 0 Å². The van der Waals surface area contributed by atoms with Crippen molar-refractivity contribution in [3.05, 3.63) is 18.0 Å². The monoisotopic (exact) mass is 252 g/mol. The molecule has 5 nitrogen and oxygen atoms in total. The van der Waals surface area contributed by atoms with Crippen molar-refractivity contribution in [1.82, 2.24) is 9.78 Å². The molecule has 0 aliphatic heterocycles. The fraction of sp³-hybridized carbons (Fsp3) is 0.615. The van der Waals surface area contributed by atoms with Gasteiger partial charge in [0.15, 0.2) is 5.78 Å². The average molecular weight is 252 g/mol. The van der Waals surface area contributed by atoms with Gasteiger partial charge in [-0.25, -0.2) is 0 Å². The molecule has 0 fully saturated rings. The summed E-state index contributed by atoms with van der Waals surface area (Å²) in [7, 11) is 0. The van der Waals surface area contributed by atoms with Crippen molar-refractivity contribution in [2.75, 3.05) is 6.61 Å². The van der Waals surface area contributed by atoms with Gasteiger partial charge in [-0.1, -0.05) is 13.8 Å². The second kappa shape index (κ2) is 7.63. The Morgan fingerprint density at radius 3 is 2.72 bits per heavy atom. The number of hydrogen-bond donors (Lipinski definition) is 0. The van der Waals surface area contributed by atoms with E-state index in [1.165, 1.54) is 0 Å². The second-order valence-electron chi connectivity index (χ2n) is 4.14. The maximum atomic E-state index is 11.8. The van der Waals surface area contributed by atoms with E-state index in [-0.39, 0.29) is 24.6 Å². The van der Waals surface area contributed by atoms with Gasteiger partial charge < -0.3 is 4.74 Å². The van der Waals surface area contributed by atoms with Crippen LogP contribution in [0.4, 0.5) is 0 Å². The summed E-state index contributed by atoms with van der Waals surface area (Å²) < 4.78 is 6.65. The Morgan fingerprint density at radius 2 is 2.06 bits per heavy atom. The third kappa shape index (κ3) is 4.69. The molecule has 0 atom stereocenters. The number of nitrogens with zero attached hydrogens (tertiary/aromatic N) is 2. The second-order valence-corrected chi connectivity index (χ2v) is 4.14. The fourth-order valence-corrected chi connectivity index (χ4v) is 1.51. The van der Waals surface area contributed by atoms with E-state index in [1.54, 1.807) is 17.1 Å². The van der Waals surface area contributed by atoms with Crippen LogP contribution < -0.4 is 0 Å². The predicted octanol–water partition coefficient (Wildman–Crippen LogP) is 2.21. The van der Waals surface area contributed by atoms with Crippen molar-refractivity contribution >= 4 is 11.8 Å². The molecule has 0 aliphatic carbocycles. The minimum atomic E-state index is -0.314. The smallest absolute Gasteiger partial charge is 0.306 e. The van der Waals surface area contributed by atoms with Crippen LogP contribution in [-0.4, -0.2) is 28.1 Å². The summed E-state index contributed by atoms with van der Waals surface area (Å²) in [6, 6.07) is 0. The number of ketones is 1. The highest BCUT2D eigenvalue weighted by atomic mass is 16.5. The van der Waals surface area contributed by atoms with E-state index < -0.39 is 0 Å². The van der Waals surface area contributed by atoms with Crippen molar-refractivity contribution < 1.29 is 14.3 Å². The number of hydrogen-bond acceptors (Lipinski definition) is 4. The van der Waals surface area contributed by atoms with Crippen LogP contribution in [0.25, 0.3) is 0 Å². The molecular formula is C13H20N2O3. The molecule has 18 heavy (non-hydrogen) atoms. The molecule has 0 saturated carbocycles. The third-order valence-electron chi connectivity index (χ3n) is 2.43. The van der Waals surface area contributed by atoms with E-state index in [9.17, 15) is 9.59 Å².